The van der Waals surface area contributed by atoms with Gasteiger partial charge in [0.2, 0.25) is 0 Å². The Morgan fingerprint density at radius 2 is 1.89 bits per heavy atom. The van der Waals surface area contributed by atoms with E-state index >= 15 is 0 Å². The summed E-state index contributed by atoms with van der Waals surface area (Å²) >= 11 is 0. The van der Waals surface area contributed by atoms with Crippen molar-refractivity contribution in [2.45, 2.75) is 6.23 Å². The van der Waals surface area contributed by atoms with Gasteiger partial charge in [0.1, 0.15) is 6.23 Å². The van der Waals surface area contributed by atoms with Gasteiger partial charge in [0.15, 0.2) is 0 Å². The summed E-state index contributed by atoms with van der Waals surface area (Å²) < 4.78 is 29.5. The van der Waals surface area contributed by atoms with Gasteiger partial charge in [-0.1, -0.05) is 12.1 Å². The molecule has 0 aliphatic heterocycles. The molecule has 0 heterocycles. The van der Waals surface area contributed by atoms with Gasteiger partial charge in [-0.25, -0.2) is 0 Å². The summed E-state index contributed by atoms with van der Waals surface area (Å²) in [5.74, 6) is -0.721. The Labute approximate surface area is 111 Å². The van der Waals surface area contributed by atoms with Gasteiger partial charge in [-0.15, -0.1) is 0 Å². The van der Waals surface area contributed by atoms with Crippen LogP contribution in [-0.2, 0) is 10.1 Å². The fourth-order valence-electron chi connectivity index (χ4n) is 1.40. The second kappa shape index (κ2) is 6.62. The largest absolute Gasteiger partial charge is 0.374 e. The number of amides is 1. The first-order valence-electron chi connectivity index (χ1n) is 5.52. The van der Waals surface area contributed by atoms with Crippen molar-refractivity contribution in [3.8, 4) is 0 Å². The van der Waals surface area contributed by atoms with Crippen LogP contribution in [0.1, 0.15) is 22.1 Å². The molecule has 1 amide bonds. The van der Waals surface area contributed by atoms with Gasteiger partial charge in [0.05, 0.1) is 5.75 Å². The first-order valence-corrected chi connectivity index (χ1v) is 7.13. The predicted octanol–water partition coefficient (Wildman–Crippen LogP) is -0.485. The van der Waals surface area contributed by atoms with E-state index in [9.17, 15) is 18.3 Å². The summed E-state index contributed by atoms with van der Waals surface area (Å²) in [6, 6.07) is 6.19. The van der Waals surface area contributed by atoms with E-state index in [4.69, 9.17) is 4.55 Å². The van der Waals surface area contributed by atoms with Gasteiger partial charge >= 0.3 is 0 Å². The molecule has 1 atom stereocenters. The molecule has 0 aromatic heterocycles. The summed E-state index contributed by atoms with van der Waals surface area (Å²) in [6.45, 7) is -0.0861. The number of carbonyl (C=O) groups excluding carboxylic acids is 1. The van der Waals surface area contributed by atoms with Crippen molar-refractivity contribution in [2.24, 2.45) is 0 Å². The Kier molecular flexibility index (Phi) is 5.43. The lowest BCUT2D eigenvalue weighted by atomic mass is 10.1. The number of aliphatic hydroxyl groups is 1. The standard InChI is InChI=1S/C11H16N2O5S/c1-12-10(14)8-2-4-9(5-3-8)11(15)13-6-7-19(16,17)18/h2-5,11,13,15H,6-7H2,1H3,(H,12,14)(H,16,17,18). The number of hydrogen-bond acceptors (Lipinski definition) is 5. The molecule has 8 heteroatoms. The fraction of sp³-hybridized carbons (Fsp3) is 0.364. The van der Waals surface area contributed by atoms with E-state index in [1.165, 1.54) is 7.05 Å². The second-order valence-electron chi connectivity index (χ2n) is 3.84. The summed E-state index contributed by atoms with van der Waals surface area (Å²) in [5, 5.41) is 14.7. The minimum absolute atomic E-state index is 0.0861. The van der Waals surface area contributed by atoms with Gasteiger partial charge < -0.3 is 10.4 Å². The highest BCUT2D eigenvalue weighted by atomic mass is 32.2. The molecule has 106 valence electrons. The predicted molar refractivity (Wildman–Crippen MR) is 69.2 cm³/mol. The first kappa shape index (κ1) is 15.6. The summed E-state index contributed by atoms with van der Waals surface area (Å²) in [4.78, 5) is 11.3. The molecule has 0 spiro atoms. The van der Waals surface area contributed by atoms with Crippen LogP contribution in [0.5, 0.6) is 0 Å². The van der Waals surface area contributed by atoms with Crippen LogP contribution in [0.15, 0.2) is 24.3 Å². The minimum atomic E-state index is -4.05. The zero-order valence-corrected chi connectivity index (χ0v) is 11.1. The molecule has 0 aliphatic rings. The molecule has 0 saturated carbocycles. The minimum Gasteiger partial charge on any atom is -0.374 e. The highest BCUT2D eigenvalue weighted by Gasteiger charge is 2.10. The number of carbonyl (C=O) groups is 1. The van der Waals surface area contributed by atoms with Crippen molar-refractivity contribution in [1.82, 2.24) is 10.6 Å². The molecule has 1 aromatic rings. The maximum atomic E-state index is 11.3. The van der Waals surface area contributed by atoms with Crippen molar-refractivity contribution in [2.75, 3.05) is 19.3 Å². The van der Waals surface area contributed by atoms with Crippen LogP contribution in [0.4, 0.5) is 0 Å². The zero-order chi connectivity index (χ0) is 14.5. The van der Waals surface area contributed by atoms with E-state index in [0.717, 1.165) is 0 Å². The van der Waals surface area contributed by atoms with Crippen LogP contribution in [0.3, 0.4) is 0 Å². The molecule has 19 heavy (non-hydrogen) atoms. The lowest BCUT2D eigenvalue weighted by Crippen LogP contribution is -2.27. The maximum Gasteiger partial charge on any atom is 0.266 e. The van der Waals surface area contributed by atoms with Crippen LogP contribution in [-0.4, -0.2) is 43.3 Å². The number of nitrogens with one attached hydrogen (secondary N) is 2. The van der Waals surface area contributed by atoms with Crippen LogP contribution >= 0.6 is 0 Å². The van der Waals surface area contributed by atoms with Crippen molar-refractivity contribution >= 4 is 16.0 Å². The number of rotatable bonds is 6. The quantitative estimate of drug-likeness (QED) is 0.415. The SMILES string of the molecule is CNC(=O)c1ccc(C(O)NCCS(=O)(=O)O)cc1. The van der Waals surface area contributed by atoms with Gasteiger partial charge in [-0.2, -0.15) is 8.42 Å². The van der Waals surface area contributed by atoms with Gasteiger partial charge in [0, 0.05) is 19.2 Å². The van der Waals surface area contributed by atoms with E-state index < -0.39 is 22.1 Å². The van der Waals surface area contributed by atoms with Gasteiger partial charge in [-0.3, -0.25) is 14.7 Å². The van der Waals surface area contributed by atoms with Gasteiger partial charge in [0.25, 0.3) is 16.0 Å². The van der Waals surface area contributed by atoms with E-state index in [1.54, 1.807) is 24.3 Å². The van der Waals surface area contributed by atoms with Crippen molar-refractivity contribution in [3.63, 3.8) is 0 Å². The summed E-state index contributed by atoms with van der Waals surface area (Å²) in [6.07, 6.45) is -1.07. The normalized spacial score (nSPS) is 13.0. The van der Waals surface area contributed by atoms with Crippen molar-refractivity contribution in [3.05, 3.63) is 35.4 Å². The Balaban J connectivity index is 2.58. The topological polar surface area (TPSA) is 116 Å². The Morgan fingerprint density at radius 3 is 2.37 bits per heavy atom. The third kappa shape index (κ3) is 5.35. The second-order valence-corrected chi connectivity index (χ2v) is 5.42. The molecule has 1 unspecified atom stereocenters. The highest BCUT2D eigenvalue weighted by molar-refractivity contribution is 7.85. The van der Waals surface area contributed by atoms with Crippen LogP contribution < -0.4 is 10.6 Å². The molecule has 0 fully saturated rings. The molecule has 7 nitrogen and oxygen atoms in total. The first-order chi connectivity index (χ1) is 8.83. The molecule has 0 radical (unpaired) electrons. The van der Waals surface area contributed by atoms with Crippen LogP contribution in [0.2, 0.25) is 0 Å². The number of hydrogen-bond donors (Lipinski definition) is 4. The number of aliphatic hydroxyl groups excluding tert-OH is 1. The molecule has 0 aliphatic carbocycles. The maximum absolute atomic E-state index is 11.3. The summed E-state index contributed by atoms with van der Waals surface area (Å²) in [7, 11) is -2.53. The molecule has 4 N–H and O–H groups in total. The molecule has 1 aromatic carbocycles. The fourth-order valence-corrected chi connectivity index (χ4v) is 1.78. The monoisotopic (exact) mass is 288 g/mol. The third-order valence-corrected chi connectivity index (χ3v) is 3.13. The molecular weight excluding hydrogens is 272 g/mol. The average Bonchev–Trinajstić information content (AvgIpc) is 2.36. The van der Waals surface area contributed by atoms with Crippen molar-refractivity contribution in [1.29, 1.82) is 0 Å². The summed E-state index contributed by atoms with van der Waals surface area (Å²) in [5.41, 5.74) is 0.944. The molecule has 0 saturated heterocycles. The Hall–Kier alpha value is -1.48. The van der Waals surface area contributed by atoms with Gasteiger partial charge in [-0.05, 0) is 17.7 Å². The lowest BCUT2D eigenvalue weighted by molar-refractivity contribution is 0.0962. The number of benzene rings is 1. The van der Waals surface area contributed by atoms with E-state index in [-0.39, 0.29) is 12.5 Å². The molecular formula is C11H16N2O5S. The zero-order valence-electron chi connectivity index (χ0n) is 10.3. The van der Waals surface area contributed by atoms with Crippen LogP contribution in [0.25, 0.3) is 0 Å². The Morgan fingerprint density at radius 1 is 1.32 bits per heavy atom. The Bertz CT molecular complexity index is 527. The smallest absolute Gasteiger partial charge is 0.266 e. The lowest BCUT2D eigenvalue weighted by Gasteiger charge is -2.12. The van der Waals surface area contributed by atoms with Crippen molar-refractivity contribution < 1.29 is 22.9 Å². The van der Waals surface area contributed by atoms with E-state index in [1.807, 2.05) is 0 Å². The van der Waals surface area contributed by atoms with Crippen LogP contribution in [0, 0.1) is 0 Å². The third-order valence-electron chi connectivity index (χ3n) is 2.41. The van der Waals surface area contributed by atoms with E-state index in [2.05, 4.69) is 10.6 Å². The average molecular weight is 288 g/mol. The van der Waals surface area contributed by atoms with E-state index in [0.29, 0.717) is 11.1 Å². The molecule has 1 rings (SSSR count). The highest BCUT2D eigenvalue weighted by Crippen LogP contribution is 2.11. The molecule has 0 bridgehead atoms.